The van der Waals surface area contributed by atoms with Crippen molar-refractivity contribution in [2.45, 2.75) is 56.1 Å². The van der Waals surface area contributed by atoms with Crippen molar-refractivity contribution in [2.24, 2.45) is 0 Å². The number of carboxylic acids is 1. The van der Waals surface area contributed by atoms with Crippen LogP contribution in [0.25, 0.3) is 22.3 Å². The van der Waals surface area contributed by atoms with Crippen LogP contribution in [0.5, 0.6) is 34.5 Å². The molecule has 17 heteroatoms. The fourth-order valence-corrected chi connectivity index (χ4v) is 4.65. The van der Waals surface area contributed by atoms with Crippen molar-refractivity contribution < 1.29 is 78.9 Å². The highest BCUT2D eigenvalue weighted by Gasteiger charge is 2.46. The summed E-state index contributed by atoms with van der Waals surface area (Å²) >= 11 is 0. The van der Waals surface area contributed by atoms with E-state index in [1.165, 1.54) is 6.07 Å². The summed E-state index contributed by atoms with van der Waals surface area (Å²) in [5.41, 5.74) is -3.65. The normalized spacial score (nSPS) is 22.8. The molecule has 2 heterocycles. The van der Waals surface area contributed by atoms with E-state index >= 15 is 0 Å². The second-order valence-corrected chi connectivity index (χ2v) is 10.5. The lowest BCUT2D eigenvalue weighted by Crippen LogP contribution is -2.60. The van der Waals surface area contributed by atoms with Crippen LogP contribution in [-0.2, 0) is 19.1 Å². The van der Waals surface area contributed by atoms with Crippen molar-refractivity contribution >= 4 is 22.9 Å². The van der Waals surface area contributed by atoms with Crippen LogP contribution >= 0.6 is 0 Å². The maximum atomic E-state index is 13.7. The Morgan fingerprint density at radius 3 is 2.22 bits per heavy atom. The number of aliphatic hydroxyl groups excluding tert-OH is 3. The van der Waals surface area contributed by atoms with Gasteiger partial charge in [-0.3, -0.25) is 14.4 Å². The highest BCUT2D eigenvalue weighted by atomic mass is 16.7. The average molecular weight is 639 g/mol. The number of benzene rings is 2. The number of carboxylic acid groups (broad SMARTS) is 1. The fourth-order valence-electron chi connectivity index (χ4n) is 4.65. The van der Waals surface area contributed by atoms with Crippen LogP contribution in [0.4, 0.5) is 0 Å². The molecule has 1 unspecified atom stereocenters. The highest BCUT2D eigenvalue weighted by molar-refractivity contribution is 5.93. The number of methoxy groups -OCH3 is 1. The molecule has 0 aliphatic carbocycles. The van der Waals surface area contributed by atoms with Crippen LogP contribution in [-0.4, -0.2) is 108 Å². The molecule has 3 aromatic rings. The van der Waals surface area contributed by atoms with E-state index in [0.717, 1.165) is 32.2 Å². The van der Waals surface area contributed by atoms with E-state index in [0.29, 0.717) is 0 Å². The molecular weight excluding hydrogens is 608 g/mol. The molecule has 244 valence electrons. The topological polar surface area (TPSA) is 283 Å². The van der Waals surface area contributed by atoms with Crippen LogP contribution in [0, 0.1) is 0 Å². The zero-order chi connectivity index (χ0) is 33.4. The Balaban J connectivity index is 1.72. The first-order chi connectivity index (χ1) is 21.0. The molecule has 6 atom stereocenters. The van der Waals surface area contributed by atoms with Crippen LogP contribution in [0.3, 0.4) is 0 Å². The SMILES string of the molecule is COc1c(O)cc(O)c2c(=O)c(O[C@H]3O[C@H](COC(=O)CC(C)(O)CC(=O)O)[C@@H](O)[C@H](O)[C@H]3O)c(-c3ccc(O)c(O)c3)oc12. The second-order valence-electron chi connectivity index (χ2n) is 10.5. The first-order valence-electron chi connectivity index (χ1n) is 13.1. The molecule has 0 spiro atoms. The summed E-state index contributed by atoms with van der Waals surface area (Å²) < 4.78 is 27.0. The second kappa shape index (κ2) is 12.7. The molecule has 0 radical (unpaired) electrons. The predicted octanol–water partition coefficient (Wildman–Crippen LogP) is -0.364. The summed E-state index contributed by atoms with van der Waals surface area (Å²) in [6.45, 7) is 0.308. The van der Waals surface area contributed by atoms with Gasteiger partial charge in [0, 0.05) is 11.6 Å². The molecule has 0 bridgehead atoms. The van der Waals surface area contributed by atoms with Gasteiger partial charge in [0.05, 0.1) is 25.6 Å². The largest absolute Gasteiger partial charge is 0.507 e. The van der Waals surface area contributed by atoms with E-state index < -0.39 is 119 Å². The summed E-state index contributed by atoms with van der Waals surface area (Å²) in [7, 11) is 1.14. The molecule has 1 aliphatic heterocycles. The number of hydrogen-bond acceptors (Lipinski definition) is 16. The number of aliphatic hydroxyl groups is 4. The molecule has 1 aliphatic rings. The minimum absolute atomic E-state index is 0.103. The van der Waals surface area contributed by atoms with Crippen molar-refractivity contribution in [1.82, 2.24) is 0 Å². The number of phenols is 4. The zero-order valence-electron chi connectivity index (χ0n) is 23.6. The van der Waals surface area contributed by atoms with E-state index in [1.807, 2.05) is 0 Å². The third-order valence-electron chi connectivity index (χ3n) is 6.85. The van der Waals surface area contributed by atoms with Gasteiger partial charge >= 0.3 is 11.9 Å². The minimum Gasteiger partial charge on any atom is -0.507 e. The molecule has 1 fully saturated rings. The minimum atomic E-state index is -2.04. The van der Waals surface area contributed by atoms with E-state index in [-0.39, 0.29) is 11.3 Å². The van der Waals surface area contributed by atoms with Gasteiger partial charge in [0.1, 0.15) is 42.2 Å². The van der Waals surface area contributed by atoms with Crippen molar-refractivity contribution in [3.63, 3.8) is 0 Å². The third-order valence-corrected chi connectivity index (χ3v) is 6.85. The molecule has 9 N–H and O–H groups in total. The van der Waals surface area contributed by atoms with Crippen molar-refractivity contribution in [1.29, 1.82) is 0 Å². The van der Waals surface area contributed by atoms with Gasteiger partial charge in [-0.05, 0) is 25.1 Å². The first kappa shape index (κ1) is 33.1. The van der Waals surface area contributed by atoms with E-state index in [9.17, 15) is 55.2 Å². The third kappa shape index (κ3) is 6.81. The zero-order valence-corrected chi connectivity index (χ0v) is 23.6. The number of rotatable bonds is 10. The molecule has 2 aromatic carbocycles. The molecule has 0 amide bonds. The molecule has 4 rings (SSSR count). The monoisotopic (exact) mass is 638 g/mol. The van der Waals surface area contributed by atoms with Gasteiger partial charge in [0.2, 0.25) is 23.2 Å². The number of aromatic hydroxyl groups is 4. The standard InChI is InChI=1S/C28H30O17/c1-28(40,7-16(33)34)8-17(35)42-9-15-19(36)21(38)22(39)27(43-15)45-26-20(37)18-13(31)6-14(32)24(41-2)25(18)44-23(26)10-3-4-11(29)12(30)5-10/h3-6,15,19,21-22,27,29-32,36,38-40H,7-9H2,1-2H3,(H,33,34)/t15-,19-,21+,22-,27-,28?/m1/s1. The number of esters is 1. The maximum absolute atomic E-state index is 13.7. The number of ether oxygens (including phenoxy) is 4. The van der Waals surface area contributed by atoms with Gasteiger partial charge in [-0.2, -0.15) is 0 Å². The average Bonchev–Trinajstić information content (AvgIpc) is 2.94. The van der Waals surface area contributed by atoms with E-state index in [2.05, 4.69) is 0 Å². The predicted molar refractivity (Wildman–Crippen MR) is 147 cm³/mol. The molecule has 0 saturated carbocycles. The smallest absolute Gasteiger partial charge is 0.308 e. The quantitative estimate of drug-likeness (QED) is 0.101. The number of fused-ring (bicyclic) bond motifs is 1. The number of carbonyl (C=O) groups is 2. The number of hydrogen-bond donors (Lipinski definition) is 9. The summed E-state index contributed by atoms with van der Waals surface area (Å²) in [6, 6.07) is 4.00. The van der Waals surface area contributed by atoms with E-state index in [1.54, 1.807) is 0 Å². The summed E-state index contributed by atoms with van der Waals surface area (Å²) in [5.74, 6) is -6.67. The van der Waals surface area contributed by atoms with Crippen molar-refractivity contribution in [3.8, 4) is 45.8 Å². The summed E-state index contributed by atoms with van der Waals surface area (Å²) in [5, 5.41) is 90.6. The highest BCUT2D eigenvalue weighted by Crippen LogP contribution is 2.44. The Kier molecular flexibility index (Phi) is 9.31. The lowest BCUT2D eigenvalue weighted by Gasteiger charge is -2.40. The van der Waals surface area contributed by atoms with Crippen molar-refractivity contribution in [3.05, 3.63) is 34.5 Å². The van der Waals surface area contributed by atoms with Crippen LogP contribution in [0.2, 0.25) is 0 Å². The van der Waals surface area contributed by atoms with Crippen molar-refractivity contribution in [2.75, 3.05) is 13.7 Å². The first-order valence-corrected chi connectivity index (χ1v) is 13.1. The van der Waals surface area contributed by atoms with Crippen LogP contribution in [0.1, 0.15) is 19.8 Å². The lowest BCUT2D eigenvalue weighted by molar-refractivity contribution is -0.278. The van der Waals surface area contributed by atoms with Gasteiger partial charge in [-0.25, -0.2) is 0 Å². The molecule has 1 aromatic heterocycles. The van der Waals surface area contributed by atoms with Gasteiger partial charge < -0.3 is 69.3 Å². The van der Waals surface area contributed by atoms with Gasteiger partial charge in [-0.1, -0.05) is 0 Å². The lowest BCUT2D eigenvalue weighted by atomic mass is 9.98. The maximum Gasteiger partial charge on any atom is 0.308 e. The Hall–Kier alpha value is -4.81. The number of phenolic OH excluding ortho intramolecular Hbond substituents is 4. The van der Waals surface area contributed by atoms with Crippen LogP contribution in [0.15, 0.2) is 33.5 Å². The molecule has 1 saturated heterocycles. The van der Waals surface area contributed by atoms with Gasteiger partial charge in [0.25, 0.3) is 0 Å². The Labute approximate surface area is 252 Å². The molecule has 17 nitrogen and oxygen atoms in total. The number of carbonyl (C=O) groups excluding carboxylic acids is 1. The summed E-state index contributed by atoms with van der Waals surface area (Å²) in [6.07, 6.45) is -11.0. The van der Waals surface area contributed by atoms with E-state index in [4.69, 9.17) is 28.5 Å². The Bertz CT molecular complexity index is 1660. The van der Waals surface area contributed by atoms with Gasteiger partial charge in [-0.15, -0.1) is 0 Å². The van der Waals surface area contributed by atoms with Crippen LogP contribution < -0.4 is 14.9 Å². The van der Waals surface area contributed by atoms with Gasteiger partial charge in [0.15, 0.2) is 28.6 Å². The molecule has 45 heavy (non-hydrogen) atoms. The Morgan fingerprint density at radius 1 is 0.911 bits per heavy atom. The Morgan fingerprint density at radius 2 is 1.60 bits per heavy atom. The number of aliphatic carboxylic acids is 1. The molecular formula is C28H30O17. The fraction of sp³-hybridized carbons (Fsp3) is 0.393. The summed E-state index contributed by atoms with van der Waals surface area (Å²) in [4.78, 5) is 36.9.